The highest BCUT2D eigenvalue weighted by Crippen LogP contribution is 2.35. The second-order valence-corrected chi connectivity index (χ2v) is 7.88. The number of fused-ring (bicyclic) bond motifs is 1. The number of rotatable bonds is 3. The lowest BCUT2D eigenvalue weighted by atomic mass is 9.87. The fraction of sp³-hybridized carbons (Fsp3) is 0.611. The molecule has 0 spiro atoms. The predicted octanol–water partition coefficient (Wildman–Crippen LogP) is 4.12. The van der Waals surface area contributed by atoms with Gasteiger partial charge in [0.2, 0.25) is 0 Å². The second kappa shape index (κ2) is 6.44. The first-order valence-electron chi connectivity index (χ1n) is 8.79. The van der Waals surface area contributed by atoms with Crippen LogP contribution in [0.1, 0.15) is 44.6 Å². The number of halogens is 1. The predicted molar refractivity (Wildman–Crippen MR) is 97.0 cm³/mol. The molecule has 2 heterocycles. The normalized spacial score (nSPS) is 25.4. The molecule has 0 atom stereocenters. The Labute approximate surface area is 145 Å². The molecule has 0 amide bonds. The molecule has 0 bridgehead atoms. The third kappa shape index (κ3) is 3.01. The topological polar surface area (TPSA) is 41.3 Å². The van der Waals surface area contributed by atoms with Crippen molar-refractivity contribution in [3.63, 3.8) is 0 Å². The van der Waals surface area contributed by atoms with Crippen LogP contribution in [0.4, 0.5) is 5.69 Å². The molecule has 2 aromatic rings. The van der Waals surface area contributed by atoms with E-state index in [2.05, 4.69) is 43.8 Å². The van der Waals surface area contributed by atoms with Crippen molar-refractivity contribution in [1.82, 2.24) is 9.78 Å². The highest BCUT2D eigenvalue weighted by molar-refractivity contribution is 9.10. The van der Waals surface area contributed by atoms with E-state index in [0.717, 1.165) is 44.3 Å². The largest absolute Gasteiger partial charge is 0.396 e. The number of nitrogens with zero attached hydrogens (tertiary/aromatic N) is 3. The van der Waals surface area contributed by atoms with Crippen molar-refractivity contribution < 1.29 is 5.11 Å². The van der Waals surface area contributed by atoms with E-state index < -0.39 is 0 Å². The number of aromatic nitrogens is 2. The Hall–Kier alpha value is -1.07. The molecule has 0 radical (unpaired) electrons. The van der Waals surface area contributed by atoms with Gasteiger partial charge in [0, 0.05) is 35.8 Å². The van der Waals surface area contributed by atoms with E-state index in [0.29, 0.717) is 18.6 Å². The van der Waals surface area contributed by atoms with Crippen molar-refractivity contribution >= 4 is 32.5 Å². The van der Waals surface area contributed by atoms with Gasteiger partial charge in [-0.15, -0.1) is 0 Å². The summed E-state index contributed by atoms with van der Waals surface area (Å²) in [6.07, 6.45) is 9.23. The van der Waals surface area contributed by atoms with Crippen molar-refractivity contribution in [3.05, 3.63) is 22.8 Å². The van der Waals surface area contributed by atoms with Crippen LogP contribution in [0.3, 0.4) is 0 Å². The van der Waals surface area contributed by atoms with Gasteiger partial charge in [0.15, 0.2) is 0 Å². The lowest BCUT2D eigenvalue weighted by Gasteiger charge is -2.27. The van der Waals surface area contributed by atoms with Gasteiger partial charge in [-0.3, -0.25) is 4.68 Å². The van der Waals surface area contributed by atoms with Crippen LogP contribution in [0.15, 0.2) is 22.8 Å². The highest BCUT2D eigenvalue weighted by atomic mass is 79.9. The zero-order valence-corrected chi connectivity index (χ0v) is 15.0. The summed E-state index contributed by atoms with van der Waals surface area (Å²) in [7, 11) is 0. The van der Waals surface area contributed by atoms with E-state index in [1.54, 1.807) is 0 Å². The molecule has 0 unspecified atom stereocenters. The van der Waals surface area contributed by atoms with Gasteiger partial charge in [0.25, 0.3) is 0 Å². The van der Waals surface area contributed by atoms with Crippen LogP contribution in [0.25, 0.3) is 10.9 Å². The molecule has 2 fully saturated rings. The number of hydrogen-bond acceptors (Lipinski definition) is 3. The van der Waals surface area contributed by atoms with E-state index in [4.69, 9.17) is 5.10 Å². The first kappa shape index (κ1) is 15.5. The van der Waals surface area contributed by atoms with Gasteiger partial charge in [0.1, 0.15) is 0 Å². The van der Waals surface area contributed by atoms with Crippen molar-refractivity contribution in [2.45, 2.75) is 44.6 Å². The van der Waals surface area contributed by atoms with Crippen LogP contribution >= 0.6 is 15.9 Å². The summed E-state index contributed by atoms with van der Waals surface area (Å²) in [6.45, 7) is 2.63. The molecule has 124 valence electrons. The standard InChI is InChI=1S/C18H24BrN3O/c19-16-9-14-11-22(15-5-3-13(12-23)4-6-15)20-17(14)10-18(16)21-7-1-2-8-21/h9-11,13,15,23H,1-8,12H2. The quantitative estimate of drug-likeness (QED) is 0.874. The summed E-state index contributed by atoms with van der Waals surface area (Å²) in [4.78, 5) is 2.45. The molecular formula is C18H24BrN3O. The Morgan fingerprint density at radius 1 is 1.13 bits per heavy atom. The Balaban J connectivity index is 1.60. The van der Waals surface area contributed by atoms with E-state index in [1.165, 1.54) is 28.4 Å². The van der Waals surface area contributed by atoms with Gasteiger partial charge in [0.05, 0.1) is 17.2 Å². The SMILES string of the molecule is OCC1CCC(n2cc3cc(Br)c(N4CCCC4)cc3n2)CC1. The van der Waals surface area contributed by atoms with Gasteiger partial charge in [-0.25, -0.2) is 0 Å². The summed E-state index contributed by atoms with van der Waals surface area (Å²) in [5.41, 5.74) is 2.38. The summed E-state index contributed by atoms with van der Waals surface area (Å²) in [5.74, 6) is 0.493. The van der Waals surface area contributed by atoms with Gasteiger partial charge in [-0.05, 0) is 72.5 Å². The molecule has 1 aliphatic heterocycles. The molecular weight excluding hydrogens is 354 g/mol. The van der Waals surface area contributed by atoms with Crippen LogP contribution in [0.2, 0.25) is 0 Å². The third-order valence-electron chi connectivity index (χ3n) is 5.49. The maximum absolute atomic E-state index is 9.29. The maximum Gasteiger partial charge on any atom is 0.0944 e. The van der Waals surface area contributed by atoms with Crippen molar-refractivity contribution in [2.75, 3.05) is 24.6 Å². The third-order valence-corrected chi connectivity index (χ3v) is 6.12. The van der Waals surface area contributed by atoms with E-state index in [1.807, 2.05) is 0 Å². The molecule has 1 N–H and O–H groups in total. The lowest BCUT2D eigenvalue weighted by Crippen LogP contribution is -2.20. The van der Waals surface area contributed by atoms with Crippen LogP contribution in [0.5, 0.6) is 0 Å². The highest BCUT2D eigenvalue weighted by Gasteiger charge is 2.23. The summed E-state index contributed by atoms with van der Waals surface area (Å²) >= 11 is 3.74. The molecule has 5 heteroatoms. The average Bonchev–Trinajstić information content (AvgIpc) is 3.23. The van der Waals surface area contributed by atoms with Gasteiger partial charge in [-0.1, -0.05) is 0 Å². The Morgan fingerprint density at radius 3 is 2.57 bits per heavy atom. The van der Waals surface area contributed by atoms with Crippen LogP contribution in [0, 0.1) is 5.92 Å². The Morgan fingerprint density at radius 2 is 1.87 bits per heavy atom. The first-order valence-corrected chi connectivity index (χ1v) is 9.58. The van der Waals surface area contributed by atoms with Crippen LogP contribution in [-0.2, 0) is 0 Å². The molecule has 4 nitrogen and oxygen atoms in total. The first-order chi connectivity index (χ1) is 11.2. The minimum absolute atomic E-state index is 0.333. The smallest absolute Gasteiger partial charge is 0.0944 e. The summed E-state index contributed by atoms with van der Waals surface area (Å²) in [6, 6.07) is 4.94. The van der Waals surface area contributed by atoms with E-state index in [-0.39, 0.29) is 0 Å². The molecule has 1 aromatic heterocycles. The van der Waals surface area contributed by atoms with Gasteiger partial charge < -0.3 is 10.0 Å². The number of aliphatic hydroxyl groups is 1. The minimum Gasteiger partial charge on any atom is -0.396 e. The summed E-state index contributed by atoms with van der Waals surface area (Å²) < 4.78 is 3.34. The number of anilines is 1. The van der Waals surface area contributed by atoms with E-state index in [9.17, 15) is 5.11 Å². The number of benzene rings is 1. The summed E-state index contributed by atoms with van der Waals surface area (Å²) in [5, 5.41) is 15.4. The molecule has 1 saturated carbocycles. The van der Waals surface area contributed by atoms with E-state index >= 15 is 0 Å². The lowest BCUT2D eigenvalue weighted by molar-refractivity contribution is 0.165. The molecule has 1 aromatic carbocycles. The fourth-order valence-electron chi connectivity index (χ4n) is 4.03. The van der Waals surface area contributed by atoms with Gasteiger partial charge >= 0.3 is 0 Å². The molecule has 1 aliphatic carbocycles. The number of aliphatic hydroxyl groups excluding tert-OH is 1. The van der Waals surface area contributed by atoms with Crippen molar-refractivity contribution in [1.29, 1.82) is 0 Å². The zero-order valence-electron chi connectivity index (χ0n) is 13.4. The molecule has 23 heavy (non-hydrogen) atoms. The van der Waals surface area contributed by atoms with Crippen molar-refractivity contribution in [3.8, 4) is 0 Å². The molecule has 2 aliphatic rings. The fourth-order valence-corrected chi connectivity index (χ4v) is 4.64. The van der Waals surface area contributed by atoms with Crippen LogP contribution < -0.4 is 4.90 Å². The number of hydrogen-bond donors (Lipinski definition) is 1. The molecule has 1 saturated heterocycles. The average molecular weight is 378 g/mol. The zero-order chi connectivity index (χ0) is 15.8. The van der Waals surface area contributed by atoms with Gasteiger partial charge in [-0.2, -0.15) is 5.10 Å². The monoisotopic (exact) mass is 377 g/mol. The maximum atomic E-state index is 9.29. The molecule has 4 rings (SSSR count). The second-order valence-electron chi connectivity index (χ2n) is 7.02. The Bertz CT molecular complexity index is 685. The Kier molecular flexibility index (Phi) is 4.33. The van der Waals surface area contributed by atoms with Crippen LogP contribution in [-0.4, -0.2) is 34.6 Å². The van der Waals surface area contributed by atoms with Crippen molar-refractivity contribution in [2.24, 2.45) is 5.92 Å². The minimum atomic E-state index is 0.333.